The van der Waals surface area contributed by atoms with Crippen molar-refractivity contribution in [3.8, 4) is 28.3 Å². The van der Waals surface area contributed by atoms with E-state index in [0.717, 1.165) is 65.1 Å². The minimum atomic E-state index is 0.546. The number of anilines is 1. The SMILES string of the molecule is Cn1cc(-c2cc(-c3ccc(N4C[C@@H]5C(CN)[C@@H]5C4)nc3)c3c(C#N)cnn3c2)cn1. The highest BCUT2D eigenvalue weighted by atomic mass is 15.2. The molecule has 1 aliphatic carbocycles. The molecule has 0 radical (unpaired) electrons. The van der Waals surface area contributed by atoms with Gasteiger partial charge in [0.1, 0.15) is 11.9 Å². The first-order chi connectivity index (χ1) is 15.2. The first-order valence-electron chi connectivity index (χ1n) is 10.5. The van der Waals surface area contributed by atoms with Crippen LogP contribution in [0.2, 0.25) is 0 Å². The van der Waals surface area contributed by atoms with E-state index >= 15 is 0 Å². The van der Waals surface area contributed by atoms with Crippen LogP contribution in [0, 0.1) is 29.1 Å². The Morgan fingerprint density at radius 2 is 1.90 bits per heavy atom. The van der Waals surface area contributed by atoms with Crippen molar-refractivity contribution in [2.75, 3.05) is 24.5 Å². The van der Waals surface area contributed by atoms with Gasteiger partial charge in [-0.05, 0) is 42.5 Å². The van der Waals surface area contributed by atoms with Crippen LogP contribution < -0.4 is 10.6 Å². The highest BCUT2D eigenvalue weighted by Crippen LogP contribution is 2.51. The van der Waals surface area contributed by atoms with Crippen LogP contribution in [0.25, 0.3) is 27.8 Å². The number of aryl methyl sites for hydroxylation is 1. The molecule has 2 fully saturated rings. The van der Waals surface area contributed by atoms with Crippen molar-refractivity contribution < 1.29 is 0 Å². The lowest BCUT2D eigenvalue weighted by Gasteiger charge is -2.20. The van der Waals surface area contributed by atoms with E-state index in [1.54, 1.807) is 15.4 Å². The Morgan fingerprint density at radius 3 is 2.55 bits per heavy atom. The van der Waals surface area contributed by atoms with E-state index in [2.05, 4.69) is 39.4 Å². The number of nitrogens with two attached hydrogens (primary N) is 1. The summed E-state index contributed by atoms with van der Waals surface area (Å²) in [6.07, 6.45) is 9.24. The normalized spacial score (nSPS) is 22.0. The number of pyridine rings is 2. The van der Waals surface area contributed by atoms with E-state index in [0.29, 0.717) is 11.5 Å². The van der Waals surface area contributed by atoms with Crippen LogP contribution in [0.4, 0.5) is 5.82 Å². The fourth-order valence-electron chi connectivity index (χ4n) is 5.07. The number of hydrogen-bond donors (Lipinski definition) is 1. The highest BCUT2D eigenvalue weighted by Gasteiger charge is 2.54. The maximum absolute atomic E-state index is 9.60. The average molecular weight is 410 g/mol. The molecule has 8 heteroatoms. The molecule has 154 valence electrons. The van der Waals surface area contributed by atoms with Gasteiger partial charge in [0.05, 0.1) is 23.5 Å². The summed E-state index contributed by atoms with van der Waals surface area (Å²) >= 11 is 0. The maximum atomic E-state index is 9.60. The van der Waals surface area contributed by atoms with E-state index in [1.807, 2.05) is 31.8 Å². The lowest BCUT2D eigenvalue weighted by Crippen LogP contribution is -2.26. The second kappa shape index (κ2) is 6.65. The van der Waals surface area contributed by atoms with E-state index in [9.17, 15) is 5.26 Å². The monoisotopic (exact) mass is 410 g/mol. The van der Waals surface area contributed by atoms with Crippen LogP contribution in [0.15, 0.2) is 49.2 Å². The van der Waals surface area contributed by atoms with Gasteiger partial charge in [-0.25, -0.2) is 9.50 Å². The largest absolute Gasteiger partial charge is 0.356 e. The molecule has 6 rings (SSSR count). The summed E-state index contributed by atoms with van der Waals surface area (Å²) in [7, 11) is 1.89. The average Bonchev–Trinajstić information content (AvgIpc) is 3.23. The third kappa shape index (κ3) is 2.81. The lowest BCUT2D eigenvalue weighted by atomic mass is 10.0. The predicted octanol–water partition coefficient (Wildman–Crippen LogP) is 2.31. The molecule has 5 heterocycles. The smallest absolute Gasteiger partial charge is 0.128 e. The van der Waals surface area contributed by atoms with Crippen molar-refractivity contribution in [3.05, 3.63) is 54.7 Å². The first-order valence-corrected chi connectivity index (χ1v) is 10.5. The van der Waals surface area contributed by atoms with E-state index in [4.69, 9.17) is 10.7 Å². The van der Waals surface area contributed by atoms with Crippen LogP contribution in [0.3, 0.4) is 0 Å². The molecule has 4 aromatic heterocycles. The van der Waals surface area contributed by atoms with E-state index in [-0.39, 0.29) is 0 Å². The van der Waals surface area contributed by atoms with Crippen molar-refractivity contribution in [2.24, 2.45) is 30.5 Å². The van der Waals surface area contributed by atoms with Gasteiger partial charge in [0.25, 0.3) is 0 Å². The van der Waals surface area contributed by atoms with Crippen molar-refractivity contribution in [3.63, 3.8) is 0 Å². The Kier molecular flexibility index (Phi) is 3.88. The minimum absolute atomic E-state index is 0.546. The summed E-state index contributed by atoms with van der Waals surface area (Å²) in [4.78, 5) is 7.12. The van der Waals surface area contributed by atoms with Crippen LogP contribution >= 0.6 is 0 Å². The number of hydrogen-bond acceptors (Lipinski definition) is 6. The molecule has 3 atom stereocenters. The second-order valence-corrected chi connectivity index (χ2v) is 8.55. The predicted molar refractivity (Wildman–Crippen MR) is 117 cm³/mol. The number of nitrogens with zero attached hydrogens (tertiary/aromatic N) is 7. The standard InChI is InChI=1S/C23H22N8/c1-29-10-17(9-27-29)15-4-18(23-16(5-24)8-28-31(23)11-15)14-2-3-22(26-7-14)30-12-20-19(6-25)21(20)13-30/h2-4,7-11,19-21H,6,12-13,25H2,1H3/t19?,20-,21+. The fraction of sp³-hybridized carbons (Fsp3) is 0.304. The van der Waals surface area contributed by atoms with Gasteiger partial charge in [0.15, 0.2) is 0 Å². The number of aromatic nitrogens is 5. The van der Waals surface area contributed by atoms with Crippen molar-refractivity contribution >= 4 is 11.3 Å². The summed E-state index contributed by atoms with van der Waals surface area (Å²) in [6, 6.07) is 8.51. The molecule has 0 bridgehead atoms. The van der Waals surface area contributed by atoms with Crippen molar-refractivity contribution in [2.45, 2.75) is 0 Å². The van der Waals surface area contributed by atoms with Crippen LogP contribution in [0.1, 0.15) is 5.56 Å². The fourth-order valence-corrected chi connectivity index (χ4v) is 5.07. The van der Waals surface area contributed by atoms with Gasteiger partial charge in [-0.2, -0.15) is 15.5 Å². The zero-order chi connectivity index (χ0) is 21.1. The summed E-state index contributed by atoms with van der Waals surface area (Å²) in [5, 5.41) is 18.3. The summed E-state index contributed by atoms with van der Waals surface area (Å²) in [5.41, 5.74) is 11.0. The van der Waals surface area contributed by atoms with E-state index < -0.39 is 0 Å². The second-order valence-electron chi connectivity index (χ2n) is 8.55. The van der Waals surface area contributed by atoms with Gasteiger partial charge in [-0.1, -0.05) is 0 Å². The number of piperidine rings is 1. The number of fused-ring (bicyclic) bond motifs is 2. The molecule has 1 saturated heterocycles. The quantitative estimate of drug-likeness (QED) is 0.554. The topological polar surface area (TPSA) is 101 Å². The van der Waals surface area contributed by atoms with Gasteiger partial charge >= 0.3 is 0 Å². The number of rotatable bonds is 4. The zero-order valence-corrected chi connectivity index (χ0v) is 17.2. The van der Waals surface area contributed by atoms with Crippen LogP contribution in [-0.2, 0) is 7.05 Å². The zero-order valence-electron chi connectivity index (χ0n) is 17.2. The third-order valence-electron chi connectivity index (χ3n) is 6.80. The van der Waals surface area contributed by atoms with Crippen molar-refractivity contribution in [1.82, 2.24) is 24.4 Å². The Bertz CT molecular complexity index is 1310. The van der Waals surface area contributed by atoms with Crippen LogP contribution in [0.5, 0.6) is 0 Å². The van der Waals surface area contributed by atoms with E-state index in [1.165, 1.54) is 0 Å². The Balaban J connectivity index is 1.39. The van der Waals surface area contributed by atoms with Crippen molar-refractivity contribution in [1.29, 1.82) is 5.26 Å². The van der Waals surface area contributed by atoms with Gasteiger partial charge in [-0.15, -0.1) is 0 Å². The number of nitriles is 1. The molecule has 31 heavy (non-hydrogen) atoms. The lowest BCUT2D eigenvalue weighted by molar-refractivity contribution is 0.644. The van der Waals surface area contributed by atoms with Gasteiger partial charge in [-0.3, -0.25) is 4.68 Å². The molecule has 8 nitrogen and oxygen atoms in total. The molecular weight excluding hydrogens is 388 g/mol. The Labute approximate surface area is 179 Å². The summed E-state index contributed by atoms with van der Waals surface area (Å²) in [6.45, 7) is 2.88. The molecule has 0 amide bonds. The molecule has 2 N–H and O–H groups in total. The first kappa shape index (κ1) is 18.1. The van der Waals surface area contributed by atoms with Crippen LogP contribution in [-0.4, -0.2) is 44.0 Å². The molecule has 1 aliphatic heterocycles. The summed E-state index contributed by atoms with van der Waals surface area (Å²) in [5.74, 6) is 3.16. The highest BCUT2D eigenvalue weighted by molar-refractivity contribution is 5.87. The molecular formula is C23H22N8. The minimum Gasteiger partial charge on any atom is -0.356 e. The molecule has 1 unspecified atom stereocenters. The van der Waals surface area contributed by atoms with Gasteiger partial charge in [0.2, 0.25) is 0 Å². The molecule has 4 aromatic rings. The third-order valence-corrected chi connectivity index (χ3v) is 6.80. The summed E-state index contributed by atoms with van der Waals surface area (Å²) < 4.78 is 3.54. The molecule has 1 saturated carbocycles. The Hall–Kier alpha value is -3.70. The van der Waals surface area contributed by atoms with Gasteiger partial charge < -0.3 is 10.6 Å². The molecule has 2 aliphatic rings. The molecule has 0 spiro atoms. The Morgan fingerprint density at radius 1 is 1.06 bits per heavy atom. The maximum Gasteiger partial charge on any atom is 0.128 e. The van der Waals surface area contributed by atoms with Gasteiger partial charge in [0, 0.05) is 61.0 Å². The molecule has 0 aromatic carbocycles.